The minimum Gasteiger partial charge on any atom is -0.354 e. The van der Waals surface area contributed by atoms with Gasteiger partial charge >= 0.3 is 0 Å². The third-order valence-corrected chi connectivity index (χ3v) is 4.95. The van der Waals surface area contributed by atoms with Crippen molar-refractivity contribution in [3.8, 4) is 11.3 Å². The van der Waals surface area contributed by atoms with E-state index in [2.05, 4.69) is 25.6 Å². The van der Waals surface area contributed by atoms with Crippen LogP contribution in [0, 0.1) is 0 Å². The van der Waals surface area contributed by atoms with Gasteiger partial charge in [-0.2, -0.15) is 0 Å². The normalized spacial score (nSPS) is 18.0. The molecule has 8 heteroatoms. The molecule has 8 nitrogen and oxygen atoms in total. The predicted molar refractivity (Wildman–Crippen MR) is 102 cm³/mol. The van der Waals surface area contributed by atoms with Gasteiger partial charge in [0.15, 0.2) is 11.6 Å². The molecule has 138 valence electrons. The predicted octanol–water partition coefficient (Wildman–Crippen LogP) is 1.74. The van der Waals surface area contributed by atoms with Crippen LogP contribution in [0.1, 0.15) is 19.3 Å². The Morgan fingerprint density at radius 2 is 1.77 bits per heavy atom. The minimum atomic E-state index is 0.397. The molecule has 0 spiro atoms. The van der Waals surface area contributed by atoms with E-state index in [-0.39, 0.29) is 0 Å². The Kier molecular flexibility index (Phi) is 5.12. The maximum Gasteiger partial charge on any atom is 0.172 e. The van der Waals surface area contributed by atoms with E-state index in [1.807, 2.05) is 12.3 Å². The maximum atomic E-state index is 9.12. The molecular formula is C18H25N7O. The molecule has 2 fully saturated rings. The molecule has 26 heavy (non-hydrogen) atoms. The van der Waals surface area contributed by atoms with E-state index in [9.17, 15) is 0 Å². The summed E-state index contributed by atoms with van der Waals surface area (Å²) in [6.07, 6.45) is 6.99. The molecule has 0 saturated carbocycles. The lowest BCUT2D eigenvalue weighted by atomic mass is 10.2. The first-order valence-electron chi connectivity index (χ1n) is 9.29. The highest BCUT2D eigenvalue weighted by molar-refractivity contribution is 5.70. The first-order chi connectivity index (χ1) is 12.8. The summed E-state index contributed by atoms with van der Waals surface area (Å²) in [5.41, 5.74) is 3.76. The second-order valence-corrected chi connectivity index (χ2v) is 6.73. The number of anilines is 3. The lowest BCUT2D eigenvalue weighted by Crippen LogP contribution is -2.31. The van der Waals surface area contributed by atoms with E-state index in [4.69, 9.17) is 15.2 Å². The summed E-state index contributed by atoms with van der Waals surface area (Å²) >= 11 is 0. The van der Waals surface area contributed by atoms with Crippen molar-refractivity contribution < 1.29 is 5.21 Å². The van der Waals surface area contributed by atoms with Crippen molar-refractivity contribution in [1.82, 2.24) is 20.3 Å². The van der Waals surface area contributed by atoms with Gasteiger partial charge in [0.1, 0.15) is 5.82 Å². The van der Waals surface area contributed by atoms with Gasteiger partial charge in [0.2, 0.25) is 0 Å². The quantitative estimate of drug-likeness (QED) is 0.715. The lowest BCUT2D eigenvalue weighted by Gasteiger charge is -2.27. The van der Waals surface area contributed by atoms with E-state index in [1.54, 1.807) is 12.3 Å². The average molecular weight is 355 g/mol. The summed E-state index contributed by atoms with van der Waals surface area (Å²) in [4.78, 5) is 18.5. The number of rotatable bonds is 4. The van der Waals surface area contributed by atoms with Gasteiger partial charge in [-0.15, -0.1) is 0 Å². The van der Waals surface area contributed by atoms with Crippen LogP contribution in [0.25, 0.3) is 11.3 Å². The van der Waals surface area contributed by atoms with Gasteiger partial charge in [-0.05, 0) is 37.9 Å². The van der Waals surface area contributed by atoms with Gasteiger partial charge in [-0.1, -0.05) is 0 Å². The average Bonchev–Trinajstić information content (AvgIpc) is 3.10. The van der Waals surface area contributed by atoms with Crippen molar-refractivity contribution in [2.45, 2.75) is 19.3 Å². The monoisotopic (exact) mass is 355 g/mol. The van der Waals surface area contributed by atoms with E-state index in [0.717, 1.165) is 68.6 Å². The Hall–Kier alpha value is -2.45. The second kappa shape index (κ2) is 7.84. The summed E-state index contributed by atoms with van der Waals surface area (Å²) < 4.78 is 0. The van der Waals surface area contributed by atoms with E-state index in [0.29, 0.717) is 5.82 Å². The zero-order chi connectivity index (χ0) is 17.8. The van der Waals surface area contributed by atoms with Crippen molar-refractivity contribution in [3.05, 3.63) is 24.5 Å². The first kappa shape index (κ1) is 17.0. The molecule has 2 aromatic rings. The number of nitrogens with zero attached hydrogens (tertiary/aromatic N) is 5. The van der Waals surface area contributed by atoms with Gasteiger partial charge in [-0.3, -0.25) is 10.7 Å². The third-order valence-electron chi connectivity index (χ3n) is 4.95. The first-order valence-corrected chi connectivity index (χ1v) is 9.29. The second-order valence-electron chi connectivity index (χ2n) is 6.73. The minimum absolute atomic E-state index is 0.397. The summed E-state index contributed by atoms with van der Waals surface area (Å²) in [7, 11) is 0. The number of hydrogen-bond donors (Lipinski definition) is 3. The molecule has 0 aromatic carbocycles. The van der Waals surface area contributed by atoms with E-state index < -0.39 is 0 Å². The van der Waals surface area contributed by atoms with Crippen LogP contribution in [0.15, 0.2) is 24.5 Å². The Morgan fingerprint density at radius 1 is 0.962 bits per heavy atom. The summed E-state index contributed by atoms with van der Waals surface area (Å²) in [6, 6.07) is 3.65. The topological polar surface area (TPSA) is 89.4 Å². The van der Waals surface area contributed by atoms with Crippen LogP contribution < -0.4 is 20.6 Å². The molecule has 0 radical (unpaired) electrons. The molecule has 4 heterocycles. The zero-order valence-electron chi connectivity index (χ0n) is 14.9. The van der Waals surface area contributed by atoms with Crippen LogP contribution in [-0.2, 0) is 0 Å². The molecule has 0 bridgehead atoms. The zero-order valence-corrected chi connectivity index (χ0v) is 14.9. The SMILES string of the molecule is ONc1cc(-c2cnc(N3CCCC3)c(N3CCCNCC3)n2)ccn1. The van der Waals surface area contributed by atoms with Crippen molar-refractivity contribution >= 4 is 17.5 Å². The Bertz CT molecular complexity index is 740. The highest BCUT2D eigenvalue weighted by Gasteiger charge is 2.23. The van der Waals surface area contributed by atoms with Crippen molar-refractivity contribution in [3.63, 3.8) is 0 Å². The van der Waals surface area contributed by atoms with Crippen LogP contribution in [0.2, 0.25) is 0 Å². The molecular weight excluding hydrogens is 330 g/mol. The van der Waals surface area contributed by atoms with Gasteiger partial charge in [0.05, 0.1) is 11.9 Å². The maximum absolute atomic E-state index is 9.12. The van der Waals surface area contributed by atoms with E-state index in [1.165, 1.54) is 12.8 Å². The molecule has 3 N–H and O–H groups in total. The molecule has 0 unspecified atom stereocenters. The summed E-state index contributed by atoms with van der Waals surface area (Å²) in [5, 5.41) is 12.6. The summed E-state index contributed by atoms with van der Waals surface area (Å²) in [5.74, 6) is 2.35. The molecule has 2 aromatic heterocycles. The van der Waals surface area contributed by atoms with Crippen LogP contribution in [0.4, 0.5) is 17.5 Å². The third kappa shape index (κ3) is 3.56. The van der Waals surface area contributed by atoms with Crippen LogP contribution >= 0.6 is 0 Å². The smallest absolute Gasteiger partial charge is 0.172 e. The fraction of sp³-hybridized carbons (Fsp3) is 0.500. The number of pyridine rings is 1. The molecule has 2 aliphatic rings. The van der Waals surface area contributed by atoms with Gasteiger partial charge in [0.25, 0.3) is 0 Å². The fourth-order valence-electron chi connectivity index (χ4n) is 3.58. The Balaban J connectivity index is 1.73. The molecule has 0 amide bonds. The largest absolute Gasteiger partial charge is 0.354 e. The van der Waals surface area contributed by atoms with Crippen molar-refractivity contribution in [2.24, 2.45) is 0 Å². The standard InChI is InChI=1S/C18H25N7O/c26-23-16-12-14(4-6-20-16)15-13-21-17(24-8-1-2-9-24)18(22-15)25-10-3-5-19-7-11-25/h4,6,12-13,19,26H,1-3,5,7-11H2,(H,20,23). The van der Waals surface area contributed by atoms with Crippen molar-refractivity contribution in [1.29, 1.82) is 0 Å². The number of nitrogens with one attached hydrogen (secondary N) is 2. The van der Waals surface area contributed by atoms with Crippen molar-refractivity contribution in [2.75, 3.05) is 54.5 Å². The molecule has 0 aliphatic carbocycles. The molecule has 4 rings (SSSR count). The van der Waals surface area contributed by atoms with Crippen LogP contribution in [0.3, 0.4) is 0 Å². The lowest BCUT2D eigenvalue weighted by molar-refractivity contribution is 0.386. The van der Waals surface area contributed by atoms with Crippen LogP contribution in [0.5, 0.6) is 0 Å². The molecule has 2 saturated heterocycles. The Morgan fingerprint density at radius 3 is 2.62 bits per heavy atom. The molecule has 0 atom stereocenters. The van der Waals surface area contributed by atoms with Crippen LogP contribution in [-0.4, -0.2) is 59.4 Å². The van der Waals surface area contributed by atoms with Gasteiger partial charge < -0.3 is 15.1 Å². The van der Waals surface area contributed by atoms with Gasteiger partial charge in [-0.25, -0.2) is 15.0 Å². The highest BCUT2D eigenvalue weighted by Crippen LogP contribution is 2.31. The number of aromatic nitrogens is 3. The highest BCUT2D eigenvalue weighted by atomic mass is 16.5. The summed E-state index contributed by atoms with van der Waals surface area (Å²) in [6.45, 7) is 5.99. The number of hydrogen-bond acceptors (Lipinski definition) is 8. The van der Waals surface area contributed by atoms with Gasteiger partial charge in [0, 0.05) is 44.5 Å². The Labute approximate surface area is 153 Å². The van der Waals surface area contributed by atoms with E-state index >= 15 is 0 Å². The fourth-order valence-corrected chi connectivity index (χ4v) is 3.58. The molecule has 2 aliphatic heterocycles.